The second-order valence-electron chi connectivity index (χ2n) is 5.79. The van der Waals surface area contributed by atoms with Gasteiger partial charge in [0.1, 0.15) is 19.2 Å². The van der Waals surface area contributed by atoms with Crippen LogP contribution in [0.2, 0.25) is 5.02 Å². The molecule has 1 aromatic heterocycles. The van der Waals surface area contributed by atoms with Gasteiger partial charge in [0, 0.05) is 16.3 Å². The van der Waals surface area contributed by atoms with Gasteiger partial charge in [-0.3, -0.25) is 9.59 Å². The third kappa shape index (κ3) is 4.15. The number of benzene rings is 2. The first-order valence-electron chi connectivity index (χ1n) is 8.02. The van der Waals surface area contributed by atoms with E-state index in [4.69, 9.17) is 11.6 Å². The average Bonchev–Trinajstić information content (AvgIpc) is 3.14. The van der Waals surface area contributed by atoms with Crippen LogP contribution < -0.4 is 4.90 Å². The highest BCUT2D eigenvalue weighted by atomic mass is 35.5. The minimum Gasteiger partial charge on any atom is -0.303 e. The molecule has 0 atom stereocenters. The second-order valence-corrected chi connectivity index (χ2v) is 6.23. The Morgan fingerprint density at radius 2 is 1.92 bits per heavy atom. The summed E-state index contributed by atoms with van der Waals surface area (Å²) in [6.07, 6.45) is 2.82. The van der Waals surface area contributed by atoms with Crippen LogP contribution in [0.25, 0.3) is 0 Å². The monoisotopic (exact) mass is 368 g/mol. The number of nitrogens with zero attached hydrogens (tertiary/aromatic N) is 4. The van der Waals surface area contributed by atoms with E-state index in [-0.39, 0.29) is 24.8 Å². The van der Waals surface area contributed by atoms with Crippen LogP contribution in [0.5, 0.6) is 0 Å². The van der Waals surface area contributed by atoms with Crippen molar-refractivity contribution in [3.63, 3.8) is 0 Å². The molecule has 0 saturated carbocycles. The first-order chi connectivity index (χ1) is 12.5. The summed E-state index contributed by atoms with van der Waals surface area (Å²) in [6.45, 7) is 1.77. The maximum atomic E-state index is 12.9. The van der Waals surface area contributed by atoms with Crippen molar-refractivity contribution in [1.82, 2.24) is 14.8 Å². The molecule has 1 amide bonds. The number of carbonyl (C=O) groups excluding carboxylic acids is 2. The summed E-state index contributed by atoms with van der Waals surface area (Å²) in [4.78, 5) is 30.8. The summed E-state index contributed by atoms with van der Waals surface area (Å²) in [6, 6.07) is 14.1. The van der Waals surface area contributed by atoms with Crippen LogP contribution in [0.4, 0.5) is 5.69 Å². The van der Waals surface area contributed by atoms with Gasteiger partial charge in [0.25, 0.3) is 0 Å². The third-order valence-corrected chi connectivity index (χ3v) is 4.15. The number of halogens is 1. The number of ketones is 1. The molecule has 0 radical (unpaired) electrons. The number of amides is 1. The number of rotatable bonds is 6. The summed E-state index contributed by atoms with van der Waals surface area (Å²) in [5.74, 6) is -0.405. The topological polar surface area (TPSA) is 68.1 Å². The van der Waals surface area contributed by atoms with Gasteiger partial charge in [-0.05, 0) is 30.7 Å². The van der Waals surface area contributed by atoms with E-state index in [1.165, 1.54) is 22.2 Å². The number of hydrogen-bond donors (Lipinski definition) is 0. The van der Waals surface area contributed by atoms with Gasteiger partial charge in [-0.15, -0.1) is 0 Å². The molecule has 0 saturated heterocycles. The van der Waals surface area contributed by atoms with Crippen molar-refractivity contribution in [2.45, 2.75) is 13.5 Å². The molecule has 3 aromatic rings. The molecule has 0 fully saturated rings. The maximum absolute atomic E-state index is 12.9. The standard InChI is InChI=1S/C19H17ClN4O2/c1-14-9-16(20)7-8-17(14)24(19(26)11-23-13-21-12-22-23)10-18(25)15-5-3-2-4-6-15/h2-9,12-13H,10-11H2,1H3. The summed E-state index contributed by atoms with van der Waals surface area (Å²) < 4.78 is 1.42. The normalized spacial score (nSPS) is 10.5. The molecule has 0 bridgehead atoms. The van der Waals surface area contributed by atoms with Gasteiger partial charge in [0.15, 0.2) is 5.78 Å². The van der Waals surface area contributed by atoms with E-state index < -0.39 is 0 Å². The van der Waals surface area contributed by atoms with Crippen LogP contribution in [0, 0.1) is 6.92 Å². The molecule has 2 aromatic carbocycles. The van der Waals surface area contributed by atoms with Crippen molar-refractivity contribution in [2.24, 2.45) is 0 Å². The lowest BCUT2D eigenvalue weighted by Gasteiger charge is -2.24. The summed E-state index contributed by atoms with van der Waals surface area (Å²) in [5, 5.41) is 4.53. The number of aryl methyl sites for hydroxylation is 1. The van der Waals surface area contributed by atoms with Crippen LogP contribution in [-0.4, -0.2) is 33.0 Å². The molecule has 6 nitrogen and oxygen atoms in total. The molecule has 26 heavy (non-hydrogen) atoms. The van der Waals surface area contributed by atoms with Crippen LogP contribution in [0.15, 0.2) is 61.2 Å². The molecule has 0 aliphatic heterocycles. The van der Waals surface area contributed by atoms with Gasteiger partial charge in [-0.1, -0.05) is 41.9 Å². The predicted molar refractivity (Wildman–Crippen MR) is 99.3 cm³/mol. The molecule has 0 aliphatic rings. The van der Waals surface area contributed by atoms with Gasteiger partial charge in [-0.2, -0.15) is 5.10 Å². The highest BCUT2D eigenvalue weighted by Gasteiger charge is 2.22. The molecule has 0 unspecified atom stereocenters. The van der Waals surface area contributed by atoms with Gasteiger partial charge in [0.05, 0.1) is 6.54 Å². The Bertz CT molecular complexity index is 911. The average molecular weight is 369 g/mol. The smallest absolute Gasteiger partial charge is 0.249 e. The van der Waals surface area contributed by atoms with Crippen LogP contribution in [0.1, 0.15) is 15.9 Å². The number of hydrogen-bond acceptors (Lipinski definition) is 4. The fourth-order valence-corrected chi connectivity index (χ4v) is 2.85. The lowest BCUT2D eigenvalue weighted by Crippen LogP contribution is -2.38. The highest BCUT2D eigenvalue weighted by molar-refractivity contribution is 6.30. The Morgan fingerprint density at radius 3 is 2.58 bits per heavy atom. The number of Topliss-reactive ketones (excluding diaryl/α,β-unsaturated/α-hetero) is 1. The van der Waals surface area contributed by atoms with Crippen LogP contribution in [-0.2, 0) is 11.3 Å². The van der Waals surface area contributed by atoms with Crippen molar-refractivity contribution in [2.75, 3.05) is 11.4 Å². The van der Waals surface area contributed by atoms with E-state index in [9.17, 15) is 9.59 Å². The van der Waals surface area contributed by atoms with Crippen molar-refractivity contribution in [3.8, 4) is 0 Å². The highest BCUT2D eigenvalue weighted by Crippen LogP contribution is 2.24. The largest absolute Gasteiger partial charge is 0.303 e. The van der Waals surface area contributed by atoms with Crippen molar-refractivity contribution < 1.29 is 9.59 Å². The minimum absolute atomic E-state index is 0.00979. The number of carbonyl (C=O) groups is 2. The lowest BCUT2D eigenvalue weighted by molar-refractivity contribution is -0.119. The fourth-order valence-electron chi connectivity index (χ4n) is 2.63. The zero-order valence-corrected chi connectivity index (χ0v) is 14.9. The van der Waals surface area contributed by atoms with E-state index >= 15 is 0 Å². The zero-order valence-electron chi connectivity index (χ0n) is 14.2. The molecule has 1 heterocycles. The minimum atomic E-state index is -0.259. The Kier molecular flexibility index (Phi) is 5.43. The van der Waals surface area contributed by atoms with Gasteiger partial charge < -0.3 is 4.90 Å². The molecule has 132 valence electrons. The summed E-state index contributed by atoms with van der Waals surface area (Å²) >= 11 is 6.03. The van der Waals surface area contributed by atoms with E-state index in [0.717, 1.165) is 5.56 Å². The Hall–Kier alpha value is -2.99. The predicted octanol–water partition coefficient (Wildman–Crippen LogP) is 3.16. The summed E-state index contributed by atoms with van der Waals surface area (Å²) in [7, 11) is 0. The van der Waals surface area contributed by atoms with Gasteiger partial charge >= 0.3 is 0 Å². The van der Waals surface area contributed by atoms with Crippen molar-refractivity contribution in [1.29, 1.82) is 0 Å². The summed E-state index contributed by atoms with van der Waals surface area (Å²) in [5.41, 5.74) is 2.01. The maximum Gasteiger partial charge on any atom is 0.249 e. The third-order valence-electron chi connectivity index (χ3n) is 3.91. The molecule has 3 rings (SSSR count). The van der Waals surface area contributed by atoms with E-state index in [1.807, 2.05) is 13.0 Å². The van der Waals surface area contributed by atoms with Crippen molar-refractivity contribution >= 4 is 29.0 Å². The number of aromatic nitrogens is 3. The van der Waals surface area contributed by atoms with Crippen LogP contribution in [0.3, 0.4) is 0 Å². The van der Waals surface area contributed by atoms with Gasteiger partial charge in [0.2, 0.25) is 5.91 Å². The van der Waals surface area contributed by atoms with E-state index in [0.29, 0.717) is 16.3 Å². The SMILES string of the molecule is Cc1cc(Cl)ccc1N(CC(=O)c1ccccc1)C(=O)Cn1cncn1. The Balaban J connectivity index is 1.90. The van der Waals surface area contributed by atoms with Crippen LogP contribution >= 0.6 is 11.6 Å². The van der Waals surface area contributed by atoms with E-state index in [1.54, 1.807) is 42.5 Å². The molecule has 0 spiro atoms. The van der Waals surface area contributed by atoms with Gasteiger partial charge in [-0.25, -0.2) is 9.67 Å². The zero-order chi connectivity index (χ0) is 18.5. The first-order valence-corrected chi connectivity index (χ1v) is 8.39. The fraction of sp³-hybridized carbons (Fsp3) is 0.158. The molecule has 7 heteroatoms. The molecular formula is C19H17ClN4O2. The molecule has 0 N–H and O–H groups in total. The number of anilines is 1. The molecular weight excluding hydrogens is 352 g/mol. The van der Waals surface area contributed by atoms with Crippen molar-refractivity contribution in [3.05, 3.63) is 77.3 Å². The Labute approximate surface area is 156 Å². The van der Waals surface area contributed by atoms with E-state index in [2.05, 4.69) is 10.1 Å². The lowest BCUT2D eigenvalue weighted by atomic mass is 10.1. The quantitative estimate of drug-likeness (QED) is 0.627. The Morgan fingerprint density at radius 1 is 1.15 bits per heavy atom. The first kappa shape index (κ1) is 17.8. The second kappa shape index (κ2) is 7.93. The molecule has 0 aliphatic carbocycles.